The van der Waals surface area contributed by atoms with Crippen LogP contribution >= 0.6 is 11.6 Å². The molecule has 0 aliphatic rings. The minimum absolute atomic E-state index is 0.110. The van der Waals surface area contributed by atoms with Crippen LogP contribution in [0.15, 0.2) is 18.2 Å². The fourth-order valence-electron chi connectivity index (χ4n) is 1.81. The number of sulfonamides is 1. The Morgan fingerprint density at radius 3 is 2.52 bits per heavy atom. The van der Waals surface area contributed by atoms with Crippen molar-refractivity contribution in [2.45, 2.75) is 26.7 Å². The summed E-state index contributed by atoms with van der Waals surface area (Å²) in [6.45, 7) is 4.37. The number of carbonyl (C=O) groups is 1. The van der Waals surface area contributed by atoms with Gasteiger partial charge in [-0.15, -0.1) is 0 Å². The summed E-state index contributed by atoms with van der Waals surface area (Å²) in [5.74, 6) is -0.236. The second kappa shape index (κ2) is 7.77. The second-order valence-corrected chi connectivity index (χ2v) is 7.31. The van der Waals surface area contributed by atoms with Gasteiger partial charge in [0, 0.05) is 30.2 Å². The third-order valence-electron chi connectivity index (χ3n) is 2.99. The maximum Gasteiger partial charge on any atom is 0.225 e. The van der Waals surface area contributed by atoms with Gasteiger partial charge in [0.15, 0.2) is 0 Å². The van der Waals surface area contributed by atoms with Gasteiger partial charge in [0.1, 0.15) is 0 Å². The van der Waals surface area contributed by atoms with Gasteiger partial charge in [0.2, 0.25) is 15.9 Å². The zero-order valence-electron chi connectivity index (χ0n) is 12.5. The van der Waals surface area contributed by atoms with E-state index >= 15 is 0 Å². The summed E-state index contributed by atoms with van der Waals surface area (Å²) < 4.78 is 24.4. The molecule has 0 aliphatic carbocycles. The lowest BCUT2D eigenvalue weighted by molar-refractivity contribution is -0.116. The molecule has 0 aliphatic heterocycles. The van der Waals surface area contributed by atoms with E-state index < -0.39 is 10.0 Å². The summed E-state index contributed by atoms with van der Waals surface area (Å²) in [5, 5.41) is 3.29. The Labute approximate surface area is 131 Å². The Kier molecular flexibility index (Phi) is 6.64. The molecule has 0 saturated carbocycles. The largest absolute Gasteiger partial charge is 0.326 e. The third kappa shape index (κ3) is 6.03. The highest BCUT2D eigenvalue weighted by Gasteiger charge is 2.16. The van der Waals surface area contributed by atoms with Crippen LogP contribution in [0.1, 0.15) is 25.3 Å². The number of halogens is 1. The number of hydrogen-bond donors (Lipinski definition) is 1. The monoisotopic (exact) mass is 332 g/mol. The highest BCUT2D eigenvalue weighted by Crippen LogP contribution is 2.20. The van der Waals surface area contributed by atoms with E-state index in [9.17, 15) is 13.2 Å². The van der Waals surface area contributed by atoms with Gasteiger partial charge in [-0.1, -0.05) is 24.6 Å². The lowest BCUT2D eigenvalue weighted by Gasteiger charge is -2.18. The fourth-order valence-corrected chi connectivity index (χ4v) is 2.93. The maximum atomic E-state index is 11.9. The first-order valence-electron chi connectivity index (χ1n) is 6.75. The fraction of sp³-hybridized carbons (Fsp3) is 0.500. The molecule has 1 aromatic carbocycles. The predicted octanol–water partition coefficient (Wildman–Crippen LogP) is 2.65. The van der Waals surface area contributed by atoms with E-state index in [1.165, 1.54) is 4.31 Å². The molecule has 0 bridgehead atoms. The Bertz CT molecular complexity index is 602. The van der Waals surface area contributed by atoms with Gasteiger partial charge in [0.05, 0.1) is 6.26 Å². The summed E-state index contributed by atoms with van der Waals surface area (Å²) in [7, 11) is -3.28. The van der Waals surface area contributed by atoms with E-state index in [0.29, 0.717) is 23.7 Å². The molecule has 0 fully saturated rings. The molecule has 0 unspecified atom stereocenters. The first kappa shape index (κ1) is 17.9. The molecule has 0 spiro atoms. The summed E-state index contributed by atoms with van der Waals surface area (Å²) in [4.78, 5) is 11.9. The van der Waals surface area contributed by atoms with Crippen molar-refractivity contribution in [3.8, 4) is 0 Å². The number of anilines is 1. The topological polar surface area (TPSA) is 66.5 Å². The number of benzene rings is 1. The molecule has 0 radical (unpaired) electrons. The van der Waals surface area contributed by atoms with Crippen molar-refractivity contribution in [2.75, 3.05) is 24.7 Å². The molecule has 21 heavy (non-hydrogen) atoms. The van der Waals surface area contributed by atoms with E-state index in [1.807, 2.05) is 19.9 Å². The Hall–Kier alpha value is -1.11. The van der Waals surface area contributed by atoms with Crippen LogP contribution in [-0.2, 0) is 14.8 Å². The van der Waals surface area contributed by atoms with E-state index in [0.717, 1.165) is 11.8 Å². The van der Waals surface area contributed by atoms with Crippen molar-refractivity contribution in [3.05, 3.63) is 28.8 Å². The summed E-state index contributed by atoms with van der Waals surface area (Å²) >= 11 is 5.99. The molecule has 0 saturated heterocycles. The van der Waals surface area contributed by atoms with Gasteiger partial charge < -0.3 is 5.32 Å². The molecule has 1 rings (SSSR count). The number of nitrogens with one attached hydrogen (secondary N) is 1. The number of aryl methyl sites for hydroxylation is 1. The first-order chi connectivity index (χ1) is 9.74. The predicted molar refractivity (Wildman–Crippen MR) is 86.1 cm³/mol. The first-order valence-corrected chi connectivity index (χ1v) is 8.97. The van der Waals surface area contributed by atoms with E-state index in [4.69, 9.17) is 11.6 Å². The Morgan fingerprint density at radius 2 is 2.00 bits per heavy atom. The van der Waals surface area contributed by atoms with E-state index in [2.05, 4.69) is 5.32 Å². The number of hydrogen-bond acceptors (Lipinski definition) is 3. The van der Waals surface area contributed by atoms with Gasteiger partial charge in [-0.05, 0) is 31.0 Å². The Morgan fingerprint density at radius 1 is 1.33 bits per heavy atom. The number of carbonyl (C=O) groups excluding carboxylic acids is 1. The lowest BCUT2D eigenvalue weighted by atomic mass is 10.2. The van der Waals surface area contributed by atoms with Crippen LogP contribution in [0.4, 0.5) is 5.69 Å². The number of amides is 1. The van der Waals surface area contributed by atoms with Crippen molar-refractivity contribution in [2.24, 2.45) is 0 Å². The Balaban J connectivity index is 2.58. The minimum atomic E-state index is -3.28. The summed E-state index contributed by atoms with van der Waals surface area (Å²) in [6, 6.07) is 5.26. The van der Waals surface area contributed by atoms with Gasteiger partial charge in [-0.25, -0.2) is 12.7 Å². The number of nitrogens with zero attached hydrogens (tertiary/aromatic N) is 1. The molecule has 1 amide bonds. The van der Waals surface area contributed by atoms with Gasteiger partial charge in [-0.3, -0.25) is 4.79 Å². The molecule has 118 valence electrons. The molecule has 0 atom stereocenters. The maximum absolute atomic E-state index is 11.9. The van der Waals surface area contributed by atoms with Crippen molar-refractivity contribution >= 4 is 33.2 Å². The molecular formula is C14H21ClN2O3S. The molecule has 0 heterocycles. The zero-order chi connectivity index (χ0) is 16.0. The van der Waals surface area contributed by atoms with Crippen molar-refractivity contribution in [1.82, 2.24) is 4.31 Å². The van der Waals surface area contributed by atoms with Crippen molar-refractivity contribution < 1.29 is 13.2 Å². The molecule has 0 aromatic heterocycles. The third-order valence-corrected chi connectivity index (χ3v) is 4.70. The molecule has 7 heteroatoms. The summed E-state index contributed by atoms with van der Waals surface area (Å²) in [6.07, 6.45) is 1.97. The van der Waals surface area contributed by atoms with Crippen LogP contribution in [0.25, 0.3) is 0 Å². The van der Waals surface area contributed by atoms with E-state index in [-0.39, 0.29) is 18.9 Å². The van der Waals surface area contributed by atoms with Crippen LogP contribution in [0, 0.1) is 6.92 Å². The normalized spacial score (nSPS) is 11.7. The van der Waals surface area contributed by atoms with Gasteiger partial charge in [-0.2, -0.15) is 0 Å². The van der Waals surface area contributed by atoms with E-state index in [1.54, 1.807) is 12.1 Å². The average Bonchev–Trinajstić information content (AvgIpc) is 2.37. The quantitative estimate of drug-likeness (QED) is 0.834. The van der Waals surface area contributed by atoms with Crippen LogP contribution in [0.5, 0.6) is 0 Å². The molecule has 1 N–H and O–H groups in total. The highest BCUT2D eigenvalue weighted by molar-refractivity contribution is 7.88. The van der Waals surface area contributed by atoms with Crippen LogP contribution < -0.4 is 5.32 Å². The highest BCUT2D eigenvalue weighted by atomic mass is 35.5. The van der Waals surface area contributed by atoms with Gasteiger partial charge in [0.25, 0.3) is 0 Å². The molecule has 1 aromatic rings. The molecule has 5 nitrogen and oxygen atoms in total. The second-order valence-electron chi connectivity index (χ2n) is 4.92. The van der Waals surface area contributed by atoms with Crippen molar-refractivity contribution in [3.63, 3.8) is 0 Å². The molecular weight excluding hydrogens is 312 g/mol. The minimum Gasteiger partial charge on any atom is -0.326 e. The smallest absolute Gasteiger partial charge is 0.225 e. The number of rotatable bonds is 7. The summed E-state index contributed by atoms with van der Waals surface area (Å²) in [5.41, 5.74) is 1.54. The SMILES string of the molecule is CCCN(CCC(=O)Nc1ccc(C)c(Cl)c1)S(C)(=O)=O. The standard InChI is InChI=1S/C14H21ClN2O3S/c1-4-8-17(21(3,19)20)9-7-14(18)16-12-6-5-11(2)13(15)10-12/h5-6,10H,4,7-9H2,1-3H3,(H,16,18). The lowest BCUT2D eigenvalue weighted by Crippen LogP contribution is -2.33. The van der Waals surface area contributed by atoms with Crippen LogP contribution in [-0.4, -0.2) is 38.0 Å². The van der Waals surface area contributed by atoms with Crippen LogP contribution in [0.2, 0.25) is 5.02 Å². The van der Waals surface area contributed by atoms with Gasteiger partial charge >= 0.3 is 0 Å². The van der Waals surface area contributed by atoms with Crippen molar-refractivity contribution in [1.29, 1.82) is 0 Å². The zero-order valence-corrected chi connectivity index (χ0v) is 14.1. The van der Waals surface area contributed by atoms with Crippen LogP contribution in [0.3, 0.4) is 0 Å². The average molecular weight is 333 g/mol.